The highest BCUT2D eigenvalue weighted by Gasteiger charge is 2.20. The van der Waals surface area contributed by atoms with Crippen molar-refractivity contribution < 1.29 is 10.0 Å². The minimum Gasteiger partial charge on any atom is -0.410 e. The van der Waals surface area contributed by atoms with Crippen LogP contribution in [0.5, 0.6) is 0 Å². The molecule has 2 aromatic heterocycles. The SMILES string of the molecule is O=C(C(=NO)c1ccnnn1)c1ccnnn1. The van der Waals surface area contributed by atoms with Gasteiger partial charge >= 0.3 is 0 Å². The van der Waals surface area contributed by atoms with Crippen LogP contribution < -0.4 is 0 Å². The Bertz CT molecular complexity index is 542. The number of aromatic nitrogens is 6. The van der Waals surface area contributed by atoms with Gasteiger partial charge in [-0.15, -0.1) is 20.4 Å². The quantitative estimate of drug-likeness (QED) is 0.312. The van der Waals surface area contributed by atoms with Gasteiger partial charge in [-0.2, -0.15) is 0 Å². The molecule has 9 heteroatoms. The Morgan fingerprint density at radius 3 is 2.12 bits per heavy atom. The van der Waals surface area contributed by atoms with E-state index in [0.29, 0.717) is 0 Å². The molecule has 0 unspecified atom stereocenters. The van der Waals surface area contributed by atoms with Crippen molar-refractivity contribution in [3.63, 3.8) is 0 Å². The zero-order valence-corrected chi connectivity index (χ0v) is 8.30. The monoisotopic (exact) mass is 231 g/mol. The first-order chi connectivity index (χ1) is 8.33. The molecule has 0 radical (unpaired) electrons. The van der Waals surface area contributed by atoms with Gasteiger partial charge in [0, 0.05) is 0 Å². The fourth-order valence-corrected chi connectivity index (χ4v) is 1.06. The molecule has 9 nitrogen and oxygen atoms in total. The van der Waals surface area contributed by atoms with Crippen LogP contribution in [0.1, 0.15) is 16.2 Å². The van der Waals surface area contributed by atoms with E-state index in [1.54, 1.807) is 0 Å². The first kappa shape index (κ1) is 10.7. The van der Waals surface area contributed by atoms with Crippen LogP contribution in [0.3, 0.4) is 0 Å². The maximum Gasteiger partial charge on any atom is 0.237 e. The van der Waals surface area contributed by atoms with Gasteiger partial charge in [-0.1, -0.05) is 5.16 Å². The molecule has 1 N–H and O–H groups in total. The molecule has 0 fully saturated rings. The summed E-state index contributed by atoms with van der Waals surface area (Å²) in [6.45, 7) is 0. The van der Waals surface area contributed by atoms with Crippen molar-refractivity contribution in [3.05, 3.63) is 35.9 Å². The Kier molecular flexibility index (Phi) is 3.01. The number of Topliss-reactive ketones (excluding diaryl/α,β-unsaturated/α-hetero) is 1. The molecule has 0 saturated carbocycles. The molecular weight excluding hydrogens is 226 g/mol. The third kappa shape index (κ3) is 2.22. The molecule has 0 aromatic carbocycles. The first-order valence-electron chi connectivity index (χ1n) is 4.39. The lowest BCUT2D eigenvalue weighted by Crippen LogP contribution is -2.19. The van der Waals surface area contributed by atoms with Gasteiger partial charge in [0.1, 0.15) is 11.4 Å². The van der Waals surface area contributed by atoms with Crippen LogP contribution in [-0.2, 0) is 0 Å². The van der Waals surface area contributed by atoms with Gasteiger partial charge in [-0.3, -0.25) is 4.79 Å². The van der Waals surface area contributed by atoms with E-state index in [-0.39, 0.29) is 17.1 Å². The van der Waals surface area contributed by atoms with Gasteiger partial charge in [0.25, 0.3) is 0 Å². The molecule has 0 bridgehead atoms. The molecule has 0 saturated heterocycles. The van der Waals surface area contributed by atoms with Crippen molar-refractivity contribution in [3.8, 4) is 0 Å². The average Bonchev–Trinajstić information content (AvgIpc) is 2.42. The fourth-order valence-electron chi connectivity index (χ4n) is 1.06. The smallest absolute Gasteiger partial charge is 0.237 e. The molecule has 0 amide bonds. The number of hydrogen-bond donors (Lipinski definition) is 1. The van der Waals surface area contributed by atoms with Gasteiger partial charge in [-0.05, 0) is 22.6 Å². The van der Waals surface area contributed by atoms with Gasteiger partial charge in [-0.25, -0.2) is 0 Å². The van der Waals surface area contributed by atoms with Gasteiger partial charge in [0.05, 0.1) is 12.4 Å². The lowest BCUT2D eigenvalue weighted by Gasteiger charge is -1.99. The summed E-state index contributed by atoms with van der Waals surface area (Å²) in [4.78, 5) is 11.9. The lowest BCUT2D eigenvalue weighted by atomic mass is 10.1. The van der Waals surface area contributed by atoms with Crippen LogP contribution in [0, 0.1) is 0 Å². The van der Waals surface area contributed by atoms with E-state index < -0.39 is 5.78 Å². The summed E-state index contributed by atoms with van der Waals surface area (Å²) in [6, 6.07) is 2.73. The van der Waals surface area contributed by atoms with E-state index in [9.17, 15) is 4.79 Å². The van der Waals surface area contributed by atoms with E-state index in [4.69, 9.17) is 5.21 Å². The minimum atomic E-state index is -0.636. The predicted molar refractivity (Wildman–Crippen MR) is 52.3 cm³/mol. The number of hydrogen-bond acceptors (Lipinski definition) is 9. The lowest BCUT2D eigenvalue weighted by molar-refractivity contribution is 0.105. The second-order valence-corrected chi connectivity index (χ2v) is 2.79. The van der Waals surface area contributed by atoms with Crippen molar-refractivity contribution >= 4 is 11.5 Å². The Balaban J connectivity index is 2.37. The first-order valence-corrected chi connectivity index (χ1v) is 4.39. The summed E-state index contributed by atoms with van der Waals surface area (Å²) in [5, 5.41) is 32.3. The molecule has 17 heavy (non-hydrogen) atoms. The average molecular weight is 231 g/mol. The molecule has 0 atom stereocenters. The van der Waals surface area contributed by atoms with Crippen LogP contribution in [0.15, 0.2) is 29.7 Å². The predicted octanol–water partition coefficient (Wildman–Crippen LogP) is -0.882. The summed E-state index contributed by atoms with van der Waals surface area (Å²) >= 11 is 0. The molecule has 2 rings (SSSR count). The highest BCUT2D eigenvalue weighted by molar-refractivity contribution is 6.50. The van der Waals surface area contributed by atoms with Crippen LogP contribution in [0.2, 0.25) is 0 Å². The number of oxime groups is 1. The Morgan fingerprint density at radius 2 is 1.65 bits per heavy atom. The van der Waals surface area contributed by atoms with Crippen molar-refractivity contribution in [2.75, 3.05) is 0 Å². The fraction of sp³-hybridized carbons (Fsp3) is 0. The molecule has 0 aliphatic carbocycles. The summed E-state index contributed by atoms with van der Waals surface area (Å²) in [6.07, 6.45) is 2.62. The molecule has 0 aliphatic heterocycles. The highest BCUT2D eigenvalue weighted by atomic mass is 16.4. The maximum atomic E-state index is 11.9. The number of ketones is 1. The topological polar surface area (TPSA) is 127 Å². The van der Waals surface area contributed by atoms with Crippen molar-refractivity contribution in [2.45, 2.75) is 0 Å². The second-order valence-electron chi connectivity index (χ2n) is 2.79. The van der Waals surface area contributed by atoms with Gasteiger partial charge in [0.15, 0.2) is 5.71 Å². The number of rotatable bonds is 3. The minimum absolute atomic E-state index is 0.00795. The van der Waals surface area contributed by atoms with E-state index in [0.717, 1.165) is 0 Å². The Hall–Kier alpha value is -2.84. The zero-order valence-electron chi connectivity index (χ0n) is 8.30. The number of carbonyl (C=O) groups is 1. The third-order valence-electron chi connectivity index (χ3n) is 1.80. The van der Waals surface area contributed by atoms with E-state index in [1.165, 1.54) is 24.5 Å². The second kappa shape index (κ2) is 4.79. The number of carbonyl (C=O) groups excluding carboxylic acids is 1. The Labute approximate surface area is 94.2 Å². The van der Waals surface area contributed by atoms with Crippen LogP contribution in [0.25, 0.3) is 0 Å². The molecule has 0 spiro atoms. The normalized spacial score (nSPS) is 11.2. The standard InChI is InChI=1S/C8H5N7O2/c16-8(6-2-4-10-15-12-6)7(13-17)5-1-3-9-14-11-5/h1-4,17H. The van der Waals surface area contributed by atoms with Gasteiger partial charge in [0.2, 0.25) is 5.78 Å². The van der Waals surface area contributed by atoms with Gasteiger partial charge < -0.3 is 5.21 Å². The summed E-state index contributed by atoms with van der Waals surface area (Å²) in [5.41, 5.74) is -0.210. The molecular formula is C8H5N7O2. The van der Waals surface area contributed by atoms with Crippen LogP contribution in [0.4, 0.5) is 0 Å². The van der Waals surface area contributed by atoms with Crippen molar-refractivity contribution in [2.24, 2.45) is 5.16 Å². The number of nitrogens with zero attached hydrogens (tertiary/aromatic N) is 7. The molecule has 2 heterocycles. The molecule has 0 aliphatic rings. The van der Waals surface area contributed by atoms with E-state index in [1.807, 2.05) is 0 Å². The third-order valence-corrected chi connectivity index (χ3v) is 1.80. The zero-order chi connectivity index (χ0) is 12.1. The molecule has 2 aromatic rings. The largest absolute Gasteiger partial charge is 0.410 e. The van der Waals surface area contributed by atoms with E-state index in [2.05, 4.69) is 36.0 Å². The summed E-state index contributed by atoms with van der Waals surface area (Å²) in [5.74, 6) is -0.636. The molecule has 84 valence electrons. The summed E-state index contributed by atoms with van der Waals surface area (Å²) in [7, 11) is 0. The summed E-state index contributed by atoms with van der Waals surface area (Å²) < 4.78 is 0. The Morgan fingerprint density at radius 1 is 1.06 bits per heavy atom. The van der Waals surface area contributed by atoms with Crippen molar-refractivity contribution in [1.29, 1.82) is 0 Å². The van der Waals surface area contributed by atoms with Crippen molar-refractivity contribution in [1.82, 2.24) is 30.8 Å². The highest BCUT2D eigenvalue weighted by Crippen LogP contribution is 2.01. The van der Waals surface area contributed by atoms with Crippen LogP contribution >= 0.6 is 0 Å². The van der Waals surface area contributed by atoms with E-state index >= 15 is 0 Å². The maximum absolute atomic E-state index is 11.9. The van der Waals surface area contributed by atoms with Crippen LogP contribution in [-0.4, -0.2) is 47.5 Å².